The fourth-order valence-corrected chi connectivity index (χ4v) is 4.68. The average molecular weight is 474 g/mol. The van der Waals surface area contributed by atoms with Crippen molar-refractivity contribution in [3.63, 3.8) is 0 Å². The van der Waals surface area contributed by atoms with Crippen molar-refractivity contribution in [1.29, 1.82) is 5.26 Å². The molecule has 0 radical (unpaired) electrons. The summed E-state index contributed by atoms with van der Waals surface area (Å²) >= 11 is 0. The van der Waals surface area contributed by atoms with E-state index in [1.165, 1.54) is 22.2 Å². The minimum Gasteiger partial charge on any atom is -0.444 e. The van der Waals surface area contributed by atoms with Gasteiger partial charge in [0.05, 0.1) is 38.6 Å². The highest BCUT2D eigenvalue weighted by Crippen LogP contribution is 2.39. The molecule has 1 aromatic carbocycles. The van der Waals surface area contributed by atoms with Crippen LogP contribution < -0.4 is 0 Å². The fourth-order valence-electron chi connectivity index (χ4n) is 2.80. The van der Waals surface area contributed by atoms with Crippen molar-refractivity contribution in [3.8, 4) is 6.07 Å². The highest BCUT2D eigenvalue weighted by Gasteiger charge is 2.36. The molecule has 176 valence electrons. The van der Waals surface area contributed by atoms with E-state index in [1.54, 1.807) is 40.9 Å². The summed E-state index contributed by atoms with van der Waals surface area (Å²) in [5.74, 6) is -0.0201. The second-order valence-electron chi connectivity index (χ2n) is 8.44. The maximum atomic E-state index is 13.6. The molecule has 8 nitrogen and oxygen atoms in total. The van der Waals surface area contributed by atoms with Gasteiger partial charge in [0.1, 0.15) is 11.7 Å². The van der Waals surface area contributed by atoms with E-state index in [0.29, 0.717) is 6.07 Å². The lowest BCUT2D eigenvalue weighted by molar-refractivity contribution is -0.137. The van der Waals surface area contributed by atoms with Crippen molar-refractivity contribution in [2.24, 2.45) is 9.36 Å². The molecule has 1 fully saturated rings. The molecule has 0 spiro atoms. The third kappa shape index (κ3) is 6.85. The number of rotatable bonds is 3. The lowest BCUT2D eigenvalue weighted by Gasteiger charge is -2.31. The van der Waals surface area contributed by atoms with Gasteiger partial charge in [0.2, 0.25) is 0 Å². The molecule has 12 heteroatoms. The van der Waals surface area contributed by atoms with Gasteiger partial charge in [0, 0.05) is 38.7 Å². The van der Waals surface area contributed by atoms with Gasteiger partial charge in [-0.15, -0.1) is 0 Å². The minimum atomic E-state index is -4.82. The van der Waals surface area contributed by atoms with Gasteiger partial charge in [-0.3, -0.25) is 0 Å². The number of alkyl halides is 3. The molecule has 1 aliphatic rings. The van der Waals surface area contributed by atoms with Gasteiger partial charge in [0.15, 0.2) is 0 Å². The quantitative estimate of drug-likeness (QED) is 0.485. The third-order valence-corrected chi connectivity index (χ3v) is 6.42. The molecule has 1 heterocycles. The van der Waals surface area contributed by atoms with Crippen LogP contribution in [0.2, 0.25) is 0 Å². The zero-order valence-corrected chi connectivity index (χ0v) is 19.4. The lowest BCUT2D eigenvalue weighted by Crippen LogP contribution is -2.45. The second-order valence-corrected chi connectivity index (χ2v) is 11.0. The predicted octanol–water partition coefficient (Wildman–Crippen LogP) is 4.15. The van der Waals surface area contributed by atoms with Crippen LogP contribution in [0.25, 0.3) is 0 Å². The Labute approximate surface area is 185 Å². The molecule has 32 heavy (non-hydrogen) atoms. The predicted molar refractivity (Wildman–Crippen MR) is 116 cm³/mol. The van der Waals surface area contributed by atoms with Crippen LogP contribution in [0.4, 0.5) is 29.3 Å². The van der Waals surface area contributed by atoms with Gasteiger partial charge in [-0.25, -0.2) is 14.0 Å². The largest absolute Gasteiger partial charge is 0.444 e. The summed E-state index contributed by atoms with van der Waals surface area (Å²) in [6.07, 6.45) is -4.10. The summed E-state index contributed by atoms with van der Waals surface area (Å²) in [7, 11) is 0.337. The molecule has 0 atom stereocenters. The van der Waals surface area contributed by atoms with Gasteiger partial charge < -0.3 is 14.5 Å². The van der Waals surface area contributed by atoms with Crippen LogP contribution in [0.5, 0.6) is 0 Å². The Morgan fingerprint density at radius 1 is 1.25 bits per heavy atom. The van der Waals surface area contributed by atoms with Crippen LogP contribution in [-0.4, -0.2) is 70.7 Å². The Balaban J connectivity index is 2.41. The van der Waals surface area contributed by atoms with Gasteiger partial charge in [-0.05, 0) is 32.9 Å². The molecule has 1 aliphatic heterocycles. The summed E-state index contributed by atoms with van der Waals surface area (Å²) < 4.78 is 63.3. The Bertz CT molecular complexity index is 1050. The van der Waals surface area contributed by atoms with Crippen LogP contribution in [0.15, 0.2) is 21.5 Å². The molecule has 2 rings (SSSR count). The van der Waals surface area contributed by atoms with Crippen molar-refractivity contribution < 1.29 is 26.9 Å². The number of aliphatic imine (C=N–C) groups is 1. The summed E-state index contributed by atoms with van der Waals surface area (Å²) in [5.41, 5.74) is -2.91. The first-order valence-corrected chi connectivity index (χ1v) is 11.6. The van der Waals surface area contributed by atoms with Gasteiger partial charge in [-0.1, -0.05) is 0 Å². The van der Waals surface area contributed by atoms with E-state index < -0.39 is 38.7 Å². The first-order chi connectivity index (χ1) is 14.6. The van der Waals surface area contributed by atoms with E-state index in [4.69, 9.17) is 4.74 Å². The number of halogens is 3. The number of carbonyl (C=O) groups excluding carboxylic acids is 1. The molecular weight excluding hydrogens is 447 g/mol. The van der Waals surface area contributed by atoms with E-state index in [2.05, 4.69) is 9.36 Å². The molecule has 0 bridgehead atoms. The fraction of sp³-hybridized carbons (Fsp3) is 0.550. The molecule has 0 saturated carbocycles. The van der Waals surface area contributed by atoms with Gasteiger partial charge >= 0.3 is 12.3 Å². The standard InChI is InChI=1S/C20H26F3N5O3S/c1-19(2,3)31-18(29)28-6-8-32(30,9-7-28)26-14-10-16(20(21,22)23)15(12-24)17(11-14)25-13-27(4)5/h10-11,13H,6-9H2,1-5H3/b25-13+. The lowest BCUT2D eigenvalue weighted by atomic mass is 10.0. The summed E-state index contributed by atoms with van der Waals surface area (Å²) in [5, 5.41) is 9.28. The van der Waals surface area contributed by atoms with E-state index in [0.717, 1.165) is 0 Å². The van der Waals surface area contributed by atoms with Crippen molar-refractivity contribution in [2.45, 2.75) is 32.5 Å². The van der Waals surface area contributed by atoms with E-state index in [1.807, 2.05) is 0 Å². The third-order valence-electron chi connectivity index (χ3n) is 4.23. The summed E-state index contributed by atoms with van der Waals surface area (Å²) in [4.78, 5) is 19.0. The molecule has 0 aliphatic carbocycles. The van der Waals surface area contributed by atoms with Crippen molar-refractivity contribution >= 4 is 33.5 Å². The normalized spacial score (nSPS) is 16.5. The highest BCUT2D eigenvalue weighted by atomic mass is 32.2. The Morgan fingerprint density at radius 2 is 1.84 bits per heavy atom. The first-order valence-electron chi connectivity index (χ1n) is 9.70. The second kappa shape index (κ2) is 9.36. The van der Waals surface area contributed by atoms with Gasteiger partial charge in [0.25, 0.3) is 0 Å². The number of hydrogen-bond acceptors (Lipinski definition) is 6. The number of benzene rings is 1. The molecule has 1 saturated heterocycles. The summed E-state index contributed by atoms with van der Waals surface area (Å²) in [6, 6.07) is 3.47. The Hall–Kier alpha value is -2.81. The van der Waals surface area contributed by atoms with Crippen LogP contribution in [0.3, 0.4) is 0 Å². The van der Waals surface area contributed by atoms with Crippen molar-refractivity contribution in [2.75, 3.05) is 38.7 Å². The summed E-state index contributed by atoms with van der Waals surface area (Å²) in [6.45, 7) is 5.39. The molecule has 0 N–H and O–H groups in total. The Morgan fingerprint density at radius 3 is 2.31 bits per heavy atom. The highest BCUT2D eigenvalue weighted by molar-refractivity contribution is 7.93. The maximum Gasteiger partial charge on any atom is 0.417 e. The molecular formula is C20H26F3N5O3S. The van der Waals surface area contributed by atoms with Crippen LogP contribution >= 0.6 is 0 Å². The first kappa shape index (κ1) is 25.5. The number of amides is 1. The van der Waals surface area contributed by atoms with Crippen molar-refractivity contribution in [3.05, 3.63) is 23.3 Å². The monoisotopic (exact) mass is 473 g/mol. The minimum absolute atomic E-state index is 0.0100. The number of nitriles is 1. The number of ether oxygens (including phenoxy) is 1. The van der Waals surface area contributed by atoms with Crippen LogP contribution in [0.1, 0.15) is 31.9 Å². The smallest absolute Gasteiger partial charge is 0.417 e. The average Bonchev–Trinajstić information content (AvgIpc) is 2.64. The topological polar surface area (TPSA) is 98.4 Å². The number of carbonyl (C=O) groups is 1. The van der Waals surface area contributed by atoms with E-state index in [-0.39, 0.29) is 36.0 Å². The van der Waals surface area contributed by atoms with E-state index in [9.17, 15) is 27.4 Å². The van der Waals surface area contributed by atoms with Gasteiger partial charge in [-0.2, -0.15) is 22.8 Å². The molecule has 0 aromatic heterocycles. The molecule has 1 amide bonds. The van der Waals surface area contributed by atoms with Crippen LogP contribution in [0, 0.1) is 11.3 Å². The van der Waals surface area contributed by atoms with E-state index >= 15 is 0 Å². The zero-order valence-electron chi connectivity index (χ0n) is 18.6. The molecule has 1 aromatic rings. The van der Waals surface area contributed by atoms with Crippen LogP contribution in [-0.2, 0) is 20.6 Å². The maximum absolute atomic E-state index is 13.6. The zero-order chi connectivity index (χ0) is 24.3. The number of hydrogen-bond donors (Lipinski definition) is 0. The molecule has 0 unspecified atom stereocenters. The number of nitrogens with zero attached hydrogens (tertiary/aromatic N) is 5. The van der Waals surface area contributed by atoms with Crippen molar-refractivity contribution in [1.82, 2.24) is 9.80 Å². The Kier molecular flexibility index (Phi) is 7.44. The SMILES string of the molecule is CN(C)/C=N/c1cc(N=S2(=O)CCN(C(=O)OC(C)(C)C)CC2)cc(C(F)(F)F)c1C#N.